The molecule has 2 aromatic heterocycles. The predicted octanol–water partition coefficient (Wildman–Crippen LogP) is 0.242. The zero-order valence-electron chi connectivity index (χ0n) is 8.36. The van der Waals surface area contributed by atoms with Crippen molar-refractivity contribution < 1.29 is 0 Å². The van der Waals surface area contributed by atoms with Crippen LogP contribution in [-0.2, 0) is 6.42 Å². The molecule has 74 valence electrons. The highest BCUT2D eigenvalue weighted by atomic mass is 15.3. The van der Waals surface area contributed by atoms with Crippen LogP contribution >= 0.6 is 0 Å². The second-order valence-electron chi connectivity index (χ2n) is 3.30. The summed E-state index contributed by atoms with van der Waals surface area (Å²) in [6, 6.07) is 0. The first-order valence-electron chi connectivity index (χ1n) is 4.60. The minimum absolute atomic E-state index is 0.599. The molecular formula is C9H13N5. The van der Waals surface area contributed by atoms with Crippen molar-refractivity contribution in [3.05, 3.63) is 23.3 Å². The van der Waals surface area contributed by atoms with Crippen molar-refractivity contribution >= 4 is 5.78 Å². The van der Waals surface area contributed by atoms with E-state index in [4.69, 9.17) is 5.73 Å². The third-order valence-electron chi connectivity index (χ3n) is 2.17. The van der Waals surface area contributed by atoms with Crippen LogP contribution in [0.25, 0.3) is 5.78 Å². The molecule has 2 rings (SSSR count). The lowest BCUT2D eigenvalue weighted by Gasteiger charge is -1.97. The van der Waals surface area contributed by atoms with Crippen molar-refractivity contribution in [3.63, 3.8) is 0 Å². The molecule has 2 N–H and O–H groups in total. The van der Waals surface area contributed by atoms with E-state index in [2.05, 4.69) is 15.1 Å². The number of imidazole rings is 1. The first-order chi connectivity index (χ1) is 6.70. The van der Waals surface area contributed by atoms with Crippen LogP contribution in [0.5, 0.6) is 0 Å². The average molecular weight is 191 g/mol. The Morgan fingerprint density at radius 2 is 2.07 bits per heavy atom. The largest absolute Gasteiger partial charge is 0.330 e. The van der Waals surface area contributed by atoms with Crippen LogP contribution in [0.15, 0.2) is 6.20 Å². The molecule has 0 saturated heterocycles. The monoisotopic (exact) mass is 191 g/mol. The van der Waals surface area contributed by atoms with Gasteiger partial charge < -0.3 is 5.73 Å². The van der Waals surface area contributed by atoms with Gasteiger partial charge in [-0.1, -0.05) is 0 Å². The summed E-state index contributed by atoms with van der Waals surface area (Å²) < 4.78 is 1.70. The number of aromatic nitrogens is 4. The molecule has 0 aliphatic carbocycles. The fraction of sp³-hybridized carbons (Fsp3) is 0.444. The average Bonchev–Trinajstić information content (AvgIpc) is 2.48. The van der Waals surface area contributed by atoms with Gasteiger partial charge in [0.1, 0.15) is 0 Å². The molecule has 0 atom stereocenters. The molecule has 2 aromatic rings. The first kappa shape index (κ1) is 9.08. The van der Waals surface area contributed by atoms with Crippen molar-refractivity contribution in [2.24, 2.45) is 5.73 Å². The number of nitrogens with zero attached hydrogens (tertiary/aromatic N) is 4. The SMILES string of the molecule is Cc1nc2nc(CCN)cn2nc1C. The van der Waals surface area contributed by atoms with E-state index in [1.165, 1.54) is 0 Å². The summed E-state index contributed by atoms with van der Waals surface area (Å²) in [5.41, 5.74) is 8.24. The van der Waals surface area contributed by atoms with Gasteiger partial charge in [0.05, 0.1) is 23.3 Å². The minimum atomic E-state index is 0.599. The van der Waals surface area contributed by atoms with Crippen molar-refractivity contribution in [2.45, 2.75) is 20.3 Å². The van der Waals surface area contributed by atoms with E-state index in [1.807, 2.05) is 20.0 Å². The number of fused-ring (bicyclic) bond motifs is 1. The lowest BCUT2D eigenvalue weighted by atomic mass is 10.3. The summed E-state index contributed by atoms with van der Waals surface area (Å²) in [5, 5.41) is 4.33. The van der Waals surface area contributed by atoms with Gasteiger partial charge in [-0.05, 0) is 20.4 Å². The highest BCUT2D eigenvalue weighted by Crippen LogP contribution is 2.04. The molecule has 5 heteroatoms. The van der Waals surface area contributed by atoms with E-state index in [0.29, 0.717) is 12.3 Å². The molecule has 0 unspecified atom stereocenters. The van der Waals surface area contributed by atoms with Gasteiger partial charge in [0.25, 0.3) is 5.78 Å². The van der Waals surface area contributed by atoms with E-state index in [-0.39, 0.29) is 0 Å². The van der Waals surface area contributed by atoms with Gasteiger partial charge in [0, 0.05) is 6.42 Å². The van der Waals surface area contributed by atoms with Crippen LogP contribution in [0, 0.1) is 13.8 Å². The summed E-state index contributed by atoms with van der Waals surface area (Å²) in [6.07, 6.45) is 2.64. The van der Waals surface area contributed by atoms with Gasteiger partial charge in [0.15, 0.2) is 0 Å². The zero-order valence-corrected chi connectivity index (χ0v) is 8.36. The molecule has 0 radical (unpaired) electrons. The van der Waals surface area contributed by atoms with Crippen LogP contribution in [0.4, 0.5) is 0 Å². The smallest absolute Gasteiger partial charge is 0.251 e. The summed E-state index contributed by atoms with van der Waals surface area (Å²) >= 11 is 0. The third kappa shape index (κ3) is 1.46. The molecule has 0 fully saturated rings. The molecule has 0 bridgehead atoms. The lowest BCUT2D eigenvalue weighted by molar-refractivity contribution is 0.847. The number of hydrogen-bond donors (Lipinski definition) is 1. The highest BCUT2D eigenvalue weighted by Gasteiger charge is 2.04. The molecule has 14 heavy (non-hydrogen) atoms. The molecule has 0 aliphatic heterocycles. The van der Waals surface area contributed by atoms with E-state index < -0.39 is 0 Å². The maximum atomic E-state index is 5.45. The van der Waals surface area contributed by atoms with E-state index >= 15 is 0 Å². The number of aryl methyl sites for hydroxylation is 2. The molecule has 0 aliphatic rings. The summed E-state index contributed by atoms with van der Waals surface area (Å²) in [4.78, 5) is 8.64. The Bertz CT molecular complexity index is 420. The molecule has 0 spiro atoms. The second-order valence-corrected chi connectivity index (χ2v) is 3.30. The zero-order chi connectivity index (χ0) is 10.1. The Labute approximate surface area is 82.0 Å². The Morgan fingerprint density at radius 3 is 2.79 bits per heavy atom. The molecule has 0 aromatic carbocycles. The maximum absolute atomic E-state index is 5.45. The molecular weight excluding hydrogens is 178 g/mol. The molecule has 2 heterocycles. The molecule has 5 nitrogen and oxygen atoms in total. The van der Waals surface area contributed by atoms with Gasteiger partial charge in [-0.15, -0.1) is 0 Å². The normalized spacial score (nSPS) is 11.1. The van der Waals surface area contributed by atoms with Crippen molar-refractivity contribution in [2.75, 3.05) is 6.54 Å². The van der Waals surface area contributed by atoms with Crippen LogP contribution in [0.3, 0.4) is 0 Å². The Balaban J connectivity index is 2.54. The highest BCUT2D eigenvalue weighted by molar-refractivity contribution is 5.30. The predicted molar refractivity (Wildman–Crippen MR) is 53.0 cm³/mol. The first-order valence-corrected chi connectivity index (χ1v) is 4.60. The number of nitrogens with two attached hydrogens (primary N) is 1. The van der Waals surface area contributed by atoms with Gasteiger partial charge in [-0.25, -0.2) is 14.5 Å². The molecule has 0 amide bonds. The van der Waals surface area contributed by atoms with Crippen LogP contribution in [0.1, 0.15) is 17.1 Å². The maximum Gasteiger partial charge on any atom is 0.251 e. The summed E-state index contributed by atoms with van der Waals surface area (Å²) in [5.74, 6) is 0.650. The molecule has 0 saturated carbocycles. The van der Waals surface area contributed by atoms with Crippen molar-refractivity contribution in [3.8, 4) is 0 Å². The van der Waals surface area contributed by atoms with E-state index in [0.717, 1.165) is 23.5 Å². The van der Waals surface area contributed by atoms with Crippen LogP contribution in [0.2, 0.25) is 0 Å². The Kier molecular flexibility index (Phi) is 2.17. The van der Waals surface area contributed by atoms with Crippen LogP contribution < -0.4 is 5.73 Å². The van der Waals surface area contributed by atoms with Gasteiger partial charge in [-0.3, -0.25) is 0 Å². The lowest BCUT2D eigenvalue weighted by Crippen LogP contribution is -2.02. The Morgan fingerprint density at radius 1 is 1.29 bits per heavy atom. The van der Waals surface area contributed by atoms with Gasteiger partial charge in [0.2, 0.25) is 0 Å². The summed E-state index contributed by atoms with van der Waals surface area (Å²) in [6.45, 7) is 4.46. The second kappa shape index (κ2) is 3.34. The Hall–Kier alpha value is -1.49. The third-order valence-corrected chi connectivity index (χ3v) is 2.17. The summed E-state index contributed by atoms with van der Waals surface area (Å²) in [7, 11) is 0. The fourth-order valence-corrected chi connectivity index (χ4v) is 1.29. The van der Waals surface area contributed by atoms with Gasteiger partial charge in [-0.2, -0.15) is 5.10 Å². The van der Waals surface area contributed by atoms with Crippen molar-refractivity contribution in [1.29, 1.82) is 0 Å². The minimum Gasteiger partial charge on any atom is -0.330 e. The fourth-order valence-electron chi connectivity index (χ4n) is 1.29. The standard InChI is InChI=1S/C9H13N5/c1-6-7(2)13-14-5-8(3-4-10)12-9(14)11-6/h5H,3-4,10H2,1-2H3. The number of hydrogen-bond acceptors (Lipinski definition) is 4. The quantitative estimate of drug-likeness (QED) is 0.738. The topological polar surface area (TPSA) is 69.1 Å². The van der Waals surface area contributed by atoms with Crippen molar-refractivity contribution in [1.82, 2.24) is 19.6 Å². The number of rotatable bonds is 2. The van der Waals surface area contributed by atoms with E-state index in [9.17, 15) is 0 Å². The van der Waals surface area contributed by atoms with Gasteiger partial charge >= 0.3 is 0 Å². The van der Waals surface area contributed by atoms with Crippen LogP contribution in [-0.4, -0.2) is 26.1 Å². The van der Waals surface area contributed by atoms with E-state index in [1.54, 1.807) is 4.52 Å².